The van der Waals surface area contributed by atoms with Crippen LogP contribution >= 0.6 is 0 Å². The molecule has 1 aromatic heterocycles. The lowest BCUT2D eigenvalue weighted by Gasteiger charge is -2.15. The Hall–Kier alpha value is -1.19. The number of nitrogens with zero attached hydrogens (tertiary/aromatic N) is 1. The molecule has 1 aromatic rings. The quantitative estimate of drug-likeness (QED) is 0.631. The molecule has 4 heteroatoms. The smallest absolute Gasteiger partial charge is 0.427 e. The Labute approximate surface area is 71.3 Å². The van der Waals surface area contributed by atoms with E-state index in [0.29, 0.717) is 11.5 Å². The van der Waals surface area contributed by atoms with Crippen LogP contribution in [0.2, 0.25) is 0 Å². The zero-order valence-corrected chi connectivity index (χ0v) is 7.53. The van der Waals surface area contributed by atoms with E-state index in [1.807, 2.05) is 20.8 Å². The monoisotopic (exact) mass is 171 g/mol. The highest BCUT2D eigenvalue weighted by Gasteiger charge is 2.16. The van der Waals surface area contributed by atoms with E-state index in [1.165, 1.54) is 12.3 Å². The molecule has 1 rings (SSSR count). The number of hydrogen-bond donors (Lipinski definition) is 0. The standard InChI is InChI=1S/C8H13NO3/c1-8(2,3)6-11-7-4-5-12-9(7)10/h4-5H,6H2,1-3H3. The Balaban J connectivity index is 2.49. The summed E-state index contributed by atoms with van der Waals surface area (Å²) in [4.78, 5) is 0.353. The molecular weight excluding hydrogens is 158 g/mol. The molecule has 0 N–H and O–H groups in total. The van der Waals surface area contributed by atoms with Crippen LogP contribution in [-0.2, 0) is 0 Å². The number of hydrogen-bond acceptors (Lipinski definition) is 3. The van der Waals surface area contributed by atoms with E-state index < -0.39 is 0 Å². The zero-order valence-electron chi connectivity index (χ0n) is 7.53. The highest BCUT2D eigenvalue weighted by molar-refractivity contribution is 4.96. The maximum absolute atomic E-state index is 10.8. The predicted molar refractivity (Wildman–Crippen MR) is 42.6 cm³/mol. The third-order valence-electron chi connectivity index (χ3n) is 1.20. The van der Waals surface area contributed by atoms with E-state index in [9.17, 15) is 5.21 Å². The summed E-state index contributed by atoms with van der Waals surface area (Å²) in [7, 11) is 0. The molecule has 0 saturated carbocycles. The molecule has 0 bridgehead atoms. The van der Waals surface area contributed by atoms with Crippen molar-refractivity contribution >= 4 is 0 Å². The first-order chi connectivity index (χ1) is 5.49. The molecule has 0 unspecified atom stereocenters. The van der Waals surface area contributed by atoms with Gasteiger partial charge in [-0.15, -0.1) is 0 Å². The average Bonchev–Trinajstić information content (AvgIpc) is 2.29. The van der Waals surface area contributed by atoms with E-state index in [1.54, 1.807) is 0 Å². The summed E-state index contributed by atoms with van der Waals surface area (Å²) in [6.45, 7) is 6.58. The third kappa shape index (κ3) is 2.45. The molecule has 0 aromatic carbocycles. The third-order valence-corrected chi connectivity index (χ3v) is 1.20. The summed E-state index contributed by atoms with van der Waals surface area (Å²) >= 11 is 0. The molecule has 1 heterocycles. The normalized spacial score (nSPS) is 11.6. The summed E-state index contributed by atoms with van der Waals surface area (Å²) in [5.41, 5.74) is 0.0459. The topological polar surface area (TPSA) is 49.3 Å². The lowest BCUT2D eigenvalue weighted by atomic mass is 9.99. The summed E-state index contributed by atoms with van der Waals surface area (Å²) in [5.74, 6) is 0.213. The first kappa shape index (κ1) is 8.90. The molecule has 0 amide bonds. The van der Waals surface area contributed by atoms with Crippen molar-refractivity contribution in [3.63, 3.8) is 0 Å². The van der Waals surface area contributed by atoms with Gasteiger partial charge in [0.1, 0.15) is 0 Å². The molecule has 68 valence electrons. The first-order valence-electron chi connectivity index (χ1n) is 3.79. The second-order valence-corrected chi connectivity index (χ2v) is 3.85. The van der Waals surface area contributed by atoms with Gasteiger partial charge in [0.05, 0.1) is 23.8 Å². The molecule has 0 saturated heterocycles. The lowest BCUT2D eigenvalue weighted by molar-refractivity contribution is -0.795. The van der Waals surface area contributed by atoms with E-state index in [2.05, 4.69) is 4.52 Å². The fraction of sp³-hybridized carbons (Fsp3) is 0.625. The van der Waals surface area contributed by atoms with Crippen LogP contribution in [0.5, 0.6) is 5.88 Å². The second kappa shape index (κ2) is 3.05. The predicted octanol–water partition coefficient (Wildman–Crippen LogP) is 1.34. The van der Waals surface area contributed by atoms with Crippen molar-refractivity contribution in [2.24, 2.45) is 5.41 Å². The Kier molecular flexibility index (Phi) is 2.26. The summed E-state index contributed by atoms with van der Waals surface area (Å²) in [6, 6.07) is 1.50. The van der Waals surface area contributed by atoms with Crippen LogP contribution in [0.15, 0.2) is 16.9 Å². The van der Waals surface area contributed by atoms with Crippen LogP contribution < -0.4 is 9.64 Å². The van der Waals surface area contributed by atoms with Crippen molar-refractivity contribution in [1.82, 2.24) is 0 Å². The molecule has 0 atom stereocenters. The van der Waals surface area contributed by atoms with Crippen molar-refractivity contribution in [2.75, 3.05) is 6.61 Å². The molecular formula is C8H13NO3. The fourth-order valence-corrected chi connectivity index (χ4v) is 0.648. The Morgan fingerprint density at radius 3 is 2.67 bits per heavy atom. The van der Waals surface area contributed by atoms with Crippen LogP contribution in [0.25, 0.3) is 0 Å². The summed E-state index contributed by atoms with van der Waals surface area (Å²) < 4.78 is 9.66. The molecule has 0 aliphatic rings. The minimum Gasteiger partial charge on any atom is -0.440 e. The van der Waals surface area contributed by atoms with Crippen LogP contribution in [-0.4, -0.2) is 6.61 Å². The molecule has 0 aliphatic carbocycles. The largest absolute Gasteiger partial charge is 0.440 e. The Bertz CT molecular complexity index is 249. The Morgan fingerprint density at radius 2 is 2.25 bits per heavy atom. The van der Waals surface area contributed by atoms with Gasteiger partial charge < -0.3 is 9.26 Å². The van der Waals surface area contributed by atoms with Crippen LogP contribution in [0.3, 0.4) is 0 Å². The van der Waals surface area contributed by atoms with Gasteiger partial charge in [0.25, 0.3) is 0 Å². The van der Waals surface area contributed by atoms with Gasteiger partial charge in [0, 0.05) is 0 Å². The molecule has 12 heavy (non-hydrogen) atoms. The molecule has 0 fully saturated rings. The molecule has 0 aliphatic heterocycles. The number of ether oxygens (including phenoxy) is 1. The van der Waals surface area contributed by atoms with Crippen LogP contribution in [0, 0.1) is 10.6 Å². The minimum absolute atomic E-state index is 0.0459. The summed E-state index contributed by atoms with van der Waals surface area (Å²) in [6.07, 6.45) is 1.30. The highest BCUT2D eigenvalue weighted by atomic mass is 16.7. The van der Waals surface area contributed by atoms with Gasteiger partial charge in [-0.3, -0.25) is 5.21 Å². The number of rotatable bonds is 2. The maximum atomic E-state index is 10.8. The van der Waals surface area contributed by atoms with Crippen molar-refractivity contribution < 1.29 is 14.2 Å². The lowest BCUT2D eigenvalue weighted by Crippen LogP contribution is -2.28. The van der Waals surface area contributed by atoms with Crippen molar-refractivity contribution in [2.45, 2.75) is 20.8 Å². The fourth-order valence-electron chi connectivity index (χ4n) is 0.648. The van der Waals surface area contributed by atoms with Gasteiger partial charge >= 0.3 is 5.88 Å². The minimum atomic E-state index is 0.0459. The van der Waals surface area contributed by atoms with Crippen molar-refractivity contribution in [3.8, 4) is 5.88 Å². The Morgan fingerprint density at radius 1 is 1.58 bits per heavy atom. The first-order valence-corrected chi connectivity index (χ1v) is 3.79. The van der Waals surface area contributed by atoms with Gasteiger partial charge in [-0.2, -0.15) is 0 Å². The number of aromatic nitrogens is 1. The van der Waals surface area contributed by atoms with Gasteiger partial charge in [0.15, 0.2) is 0 Å². The summed E-state index contributed by atoms with van der Waals surface area (Å²) in [5, 5.41) is 10.8. The van der Waals surface area contributed by atoms with E-state index >= 15 is 0 Å². The van der Waals surface area contributed by atoms with Gasteiger partial charge in [-0.25, -0.2) is 0 Å². The van der Waals surface area contributed by atoms with Crippen molar-refractivity contribution in [3.05, 3.63) is 17.5 Å². The molecule has 0 radical (unpaired) electrons. The van der Waals surface area contributed by atoms with Gasteiger partial charge in [-0.1, -0.05) is 20.8 Å². The molecule has 0 spiro atoms. The molecule has 4 nitrogen and oxygen atoms in total. The van der Waals surface area contributed by atoms with Crippen LogP contribution in [0.1, 0.15) is 20.8 Å². The van der Waals surface area contributed by atoms with Gasteiger partial charge in [0.2, 0.25) is 0 Å². The van der Waals surface area contributed by atoms with E-state index in [0.717, 1.165) is 0 Å². The van der Waals surface area contributed by atoms with Gasteiger partial charge in [-0.05, 0) is 5.41 Å². The second-order valence-electron chi connectivity index (χ2n) is 3.85. The van der Waals surface area contributed by atoms with E-state index in [-0.39, 0.29) is 11.3 Å². The highest BCUT2D eigenvalue weighted by Crippen LogP contribution is 2.14. The average molecular weight is 171 g/mol. The van der Waals surface area contributed by atoms with E-state index in [4.69, 9.17) is 4.74 Å². The maximum Gasteiger partial charge on any atom is 0.427 e. The zero-order chi connectivity index (χ0) is 9.19. The van der Waals surface area contributed by atoms with Crippen molar-refractivity contribution in [1.29, 1.82) is 0 Å². The SMILES string of the molecule is CC(C)(C)COc1cco[n+]1[O-]. The van der Waals surface area contributed by atoms with Crippen LogP contribution in [0.4, 0.5) is 0 Å².